The second-order valence-corrected chi connectivity index (χ2v) is 5.40. The van der Waals surface area contributed by atoms with Crippen molar-refractivity contribution < 1.29 is 14.6 Å². The van der Waals surface area contributed by atoms with E-state index >= 15 is 0 Å². The minimum Gasteiger partial charge on any atom is -0.490 e. The second-order valence-electron chi connectivity index (χ2n) is 5.40. The third kappa shape index (κ3) is 3.12. The van der Waals surface area contributed by atoms with Crippen molar-refractivity contribution in [3.05, 3.63) is 29.8 Å². The van der Waals surface area contributed by atoms with E-state index in [9.17, 15) is 9.90 Å². The maximum absolute atomic E-state index is 11.5. The van der Waals surface area contributed by atoms with Crippen LogP contribution >= 0.6 is 0 Å². The summed E-state index contributed by atoms with van der Waals surface area (Å²) in [5.41, 5.74) is 0.415. The van der Waals surface area contributed by atoms with Gasteiger partial charge in [-0.25, -0.2) is 0 Å². The van der Waals surface area contributed by atoms with Crippen LogP contribution < -0.4 is 10.1 Å². The van der Waals surface area contributed by atoms with Crippen molar-refractivity contribution in [1.29, 1.82) is 0 Å². The number of carboxylic acids is 1. The van der Waals surface area contributed by atoms with E-state index in [2.05, 4.69) is 18.3 Å². The summed E-state index contributed by atoms with van der Waals surface area (Å²) in [5.74, 6) is 0.0693. The lowest BCUT2D eigenvalue weighted by Crippen LogP contribution is -2.50. The molecule has 4 nitrogen and oxygen atoms in total. The van der Waals surface area contributed by atoms with Crippen molar-refractivity contribution in [3.8, 4) is 5.75 Å². The summed E-state index contributed by atoms with van der Waals surface area (Å²) in [7, 11) is 0. The lowest BCUT2D eigenvalue weighted by Gasteiger charge is -2.25. The largest absolute Gasteiger partial charge is 0.490 e. The van der Waals surface area contributed by atoms with Crippen LogP contribution in [0.4, 0.5) is 0 Å². The zero-order chi connectivity index (χ0) is 14.6. The molecule has 1 fully saturated rings. The fourth-order valence-electron chi connectivity index (χ4n) is 2.90. The topological polar surface area (TPSA) is 58.6 Å². The Morgan fingerprint density at radius 1 is 1.50 bits per heavy atom. The number of hydrogen-bond acceptors (Lipinski definition) is 3. The molecule has 0 bridgehead atoms. The smallest absolute Gasteiger partial charge is 0.324 e. The Balaban J connectivity index is 2.03. The molecule has 2 N–H and O–H groups in total. The molecule has 0 aliphatic heterocycles. The van der Waals surface area contributed by atoms with E-state index in [1.165, 1.54) is 5.56 Å². The van der Waals surface area contributed by atoms with E-state index in [0.29, 0.717) is 19.4 Å². The molecule has 1 aliphatic carbocycles. The van der Waals surface area contributed by atoms with Gasteiger partial charge in [0.2, 0.25) is 0 Å². The van der Waals surface area contributed by atoms with Gasteiger partial charge in [-0.1, -0.05) is 26.0 Å². The van der Waals surface area contributed by atoms with Crippen molar-refractivity contribution in [2.24, 2.45) is 0 Å². The lowest BCUT2D eigenvalue weighted by atomic mass is 9.98. The van der Waals surface area contributed by atoms with Crippen molar-refractivity contribution in [2.45, 2.75) is 51.2 Å². The number of rotatable bonds is 6. The first-order valence-electron chi connectivity index (χ1n) is 7.33. The molecule has 2 rings (SSSR count). The minimum absolute atomic E-state index is 0.0303. The Bertz CT molecular complexity index is 475. The van der Waals surface area contributed by atoms with Gasteiger partial charge < -0.3 is 15.2 Å². The van der Waals surface area contributed by atoms with Gasteiger partial charge in [0.15, 0.2) is 0 Å². The maximum Gasteiger partial charge on any atom is 0.324 e. The molecule has 0 saturated heterocycles. The third-order valence-corrected chi connectivity index (χ3v) is 4.00. The van der Waals surface area contributed by atoms with Crippen LogP contribution in [-0.2, 0) is 11.2 Å². The van der Waals surface area contributed by atoms with E-state index in [-0.39, 0.29) is 6.10 Å². The molecule has 20 heavy (non-hydrogen) atoms. The van der Waals surface area contributed by atoms with Gasteiger partial charge in [-0.3, -0.25) is 4.79 Å². The Morgan fingerprint density at radius 2 is 2.30 bits per heavy atom. The minimum atomic E-state index is -0.818. The summed E-state index contributed by atoms with van der Waals surface area (Å²) in [6.45, 7) is 4.70. The first-order chi connectivity index (χ1) is 9.59. The average Bonchev–Trinajstić information content (AvgIpc) is 2.84. The first-order valence-corrected chi connectivity index (χ1v) is 7.33. The zero-order valence-electron chi connectivity index (χ0n) is 12.2. The molecule has 0 heterocycles. The van der Waals surface area contributed by atoms with Crippen LogP contribution in [0, 0.1) is 0 Å². The number of benzene rings is 1. The van der Waals surface area contributed by atoms with E-state index in [1.54, 1.807) is 0 Å². The molecular weight excluding hydrogens is 254 g/mol. The fraction of sp³-hybridized carbons (Fsp3) is 0.562. The Labute approximate surface area is 120 Å². The van der Waals surface area contributed by atoms with Gasteiger partial charge in [0.1, 0.15) is 17.4 Å². The molecule has 0 spiro atoms. The van der Waals surface area contributed by atoms with Crippen LogP contribution in [0.5, 0.6) is 5.75 Å². The molecule has 1 saturated carbocycles. The monoisotopic (exact) mass is 277 g/mol. The summed E-state index contributed by atoms with van der Waals surface area (Å²) < 4.78 is 5.97. The molecule has 1 aliphatic rings. The predicted octanol–water partition coefficient (Wildman–Crippen LogP) is 2.61. The summed E-state index contributed by atoms with van der Waals surface area (Å²) in [5, 5.41) is 12.6. The highest BCUT2D eigenvalue weighted by Gasteiger charge is 2.45. The normalized spacial score (nSPS) is 25.6. The highest BCUT2D eigenvalue weighted by atomic mass is 16.5. The summed E-state index contributed by atoms with van der Waals surface area (Å²) >= 11 is 0. The van der Waals surface area contributed by atoms with Crippen LogP contribution in [0.3, 0.4) is 0 Å². The van der Waals surface area contributed by atoms with E-state index in [0.717, 1.165) is 18.6 Å². The van der Waals surface area contributed by atoms with Gasteiger partial charge in [-0.05, 0) is 43.5 Å². The van der Waals surface area contributed by atoms with Gasteiger partial charge >= 0.3 is 5.97 Å². The average molecular weight is 277 g/mol. The molecule has 2 unspecified atom stereocenters. The molecule has 1 aromatic carbocycles. The van der Waals surface area contributed by atoms with Gasteiger partial charge in [0.05, 0.1) is 0 Å². The second kappa shape index (κ2) is 6.27. The predicted molar refractivity (Wildman–Crippen MR) is 78.1 cm³/mol. The first kappa shape index (κ1) is 14.9. The quantitative estimate of drug-likeness (QED) is 0.839. The highest BCUT2D eigenvalue weighted by Crippen LogP contribution is 2.33. The number of carboxylic acid groups (broad SMARTS) is 1. The van der Waals surface area contributed by atoms with Gasteiger partial charge in [-0.2, -0.15) is 0 Å². The number of nitrogens with one attached hydrogen (secondary N) is 1. The van der Waals surface area contributed by atoms with Gasteiger partial charge in [0.25, 0.3) is 0 Å². The van der Waals surface area contributed by atoms with Crippen LogP contribution in [0.2, 0.25) is 0 Å². The number of likely N-dealkylation sites (N-methyl/N-ethyl adjacent to an activating group) is 1. The van der Waals surface area contributed by atoms with Gasteiger partial charge in [0, 0.05) is 6.42 Å². The summed E-state index contributed by atoms with van der Waals surface area (Å²) in [6, 6.07) is 8.03. The zero-order valence-corrected chi connectivity index (χ0v) is 12.2. The number of hydrogen-bond donors (Lipinski definition) is 2. The standard InChI is InChI=1S/C16H23NO3/c1-3-12-6-5-7-13(10-12)20-14-8-9-16(11-14,15(18)19)17-4-2/h5-7,10,14,17H,3-4,8-9,11H2,1-2H3,(H,18,19). The van der Waals surface area contributed by atoms with E-state index in [1.807, 2.05) is 25.1 Å². The van der Waals surface area contributed by atoms with E-state index in [4.69, 9.17) is 4.74 Å². The van der Waals surface area contributed by atoms with Gasteiger partial charge in [-0.15, -0.1) is 0 Å². The van der Waals surface area contributed by atoms with Crippen LogP contribution in [0.15, 0.2) is 24.3 Å². The van der Waals surface area contributed by atoms with Crippen LogP contribution in [-0.4, -0.2) is 29.3 Å². The third-order valence-electron chi connectivity index (χ3n) is 4.00. The van der Waals surface area contributed by atoms with Crippen LogP contribution in [0.25, 0.3) is 0 Å². The molecule has 1 aromatic rings. The van der Waals surface area contributed by atoms with Crippen molar-refractivity contribution in [2.75, 3.05) is 6.54 Å². The highest BCUT2D eigenvalue weighted by molar-refractivity contribution is 5.79. The SMILES string of the molecule is CCNC1(C(=O)O)CCC(Oc2cccc(CC)c2)C1. The van der Waals surface area contributed by atoms with Crippen molar-refractivity contribution in [3.63, 3.8) is 0 Å². The summed E-state index contributed by atoms with van der Waals surface area (Å²) in [6.07, 6.45) is 2.85. The summed E-state index contributed by atoms with van der Waals surface area (Å²) in [4.78, 5) is 11.5. The van der Waals surface area contributed by atoms with E-state index < -0.39 is 11.5 Å². The Hall–Kier alpha value is -1.55. The molecular formula is C16H23NO3. The lowest BCUT2D eigenvalue weighted by molar-refractivity contribution is -0.144. The Morgan fingerprint density at radius 3 is 2.95 bits per heavy atom. The molecule has 4 heteroatoms. The van der Waals surface area contributed by atoms with Crippen LogP contribution in [0.1, 0.15) is 38.7 Å². The number of aryl methyl sites for hydroxylation is 1. The molecule has 110 valence electrons. The molecule has 2 atom stereocenters. The van der Waals surface area contributed by atoms with Crippen molar-refractivity contribution >= 4 is 5.97 Å². The number of aliphatic carboxylic acids is 1. The number of carbonyl (C=O) groups is 1. The molecule has 0 radical (unpaired) electrons. The van der Waals surface area contributed by atoms with Crippen molar-refractivity contribution in [1.82, 2.24) is 5.32 Å². The Kier molecular flexibility index (Phi) is 4.65. The maximum atomic E-state index is 11.5. The fourth-order valence-corrected chi connectivity index (χ4v) is 2.90. The molecule has 0 aromatic heterocycles. The molecule has 0 amide bonds. The number of ether oxygens (including phenoxy) is 1.